The third-order valence-electron chi connectivity index (χ3n) is 5.70. The molecule has 0 fully saturated rings. The average molecular weight is 476 g/mol. The number of sulfonamides is 1. The Morgan fingerprint density at radius 1 is 1.03 bits per heavy atom. The van der Waals surface area contributed by atoms with Crippen molar-refractivity contribution in [3.63, 3.8) is 0 Å². The molecule has 2 aromatic carbocycles. The smallest absolute Gasteiger partial charge is 0.252 e. The first kappa shape index (κ1) is 23.5. The summed E-state index contributed by atoms with van der Waals surface area (Å²) in [6, 6.07) is 15.1. The van der Waals surface area contributed by atoms with Gasteiger partial charge in [0.15, 0.2) is 5.78 Å². The lowest BCUT2D eigenvalue weighted by molar-refractivity contribution is 0.101. The van der Waals surface area contributed by atoms with Crippen LogP contribution in [0.15, 0.2) is 76.7 Å². The van der Waals surface area contributed by atoms with Crippen LogP contribution in [0, 0.1) is 13.8 Å². The van der Waals surface area contributed by atoms with Gasteiger partial charge in [0.1, 0.15) is 0 Å². The topological polar surface area (TPSA) is 100 Å². The number of hydrogen-bond donors (Lipinski definition) is 1. The fourth-order valence-electron chi connectivity index (χ4n) is 3.97. The summed E-state index contributed by atoms with van der Waals surface area (Å²) < 4.78 is 28.6. The number of carbonyl (C=O) groups is 1. The van der Waals surface area contributed by atoms with E-state index in [-0.39, 0.29) is 29.3 Å². The summed E-state index contributed by atoms with van der Waals surface area (Å²) in [4.78, 5) is 31.7. The first-order valence-electron chi connectivity index (χ1n) is 10.8. The Bertz CT molecular complexity index is 1540. The molecule has 0 aliphatic rings. The number of Topliss-reactive ketones (excluding diaryl/α,β-unsaturated/α-hetero) is 1. The van der Waals surface area contributed by atoms with E-state index < -0.39 is 10.0 Å². The summed E-state index contributed by atoms with van der Waals surface area (Å²) in [7, 11) is -4.04. The van der Waals surface area contributed by atoms with Crippen molar-refractivity contribution in [2.75, 3.05) is 0 Å². The highest BCUT2D eigenvalue weighted by molar-refractivity contribution is 7.89. The lowest BCUT2D eigenvalue weighted by atomic mass is 10.0. The quantitative estimate of drug-likeness (QED) is 0.405. The normalized spacial score (nSPS) is 11.8. The highest BCUT2D eigenvalue weighted by Crippen LogP contribution is 2.24. The van der Waals surface area contributed by atoms with Gasteiger partial charge in [0.05, 0.1) is 4.90 Å². The third-order valence-corrected chi connectivity index (χ3v) is 7.48. The first-order valence-corrected chi connectivity index (χ1v) is 12.2. The van der Waals surface area contributed by atoms with Crippen molar-refractivity contribution in [3.05, 3.63) is 105 Å². The van der Waals surface area contributed by atoms with E-state index in [2.05, 4.69) is 9.97 Å². The summed E-state index contributed by atoms with van der Waals surface area (Å²) in [6.45, 7) is 5.17. The number of hydrogen-bond acceptors (Lipinski definition) is 5. The van der Waals surface area contributed by atoms with Crippen LogP contribution in [0.1, 0.15) is 39.5 Å². The molecular weight excluding hydrogens is 450 g/mol. The van der Waals surface area contributed by atoms with Crippen LogP contribution in [0.2, 0.25) is 0 Å². The van der Waals surface area contributed by atoms with Gasteiger partial charge < -0.3 is 4.98 Å². The molecule has 0 saturated heterocycles. The van der Waals surface area contributed by atoms with E-state index in [1.165, 1.54) is 23.4 Å². The zero-order valence-electron chi connectivity index (χ0n) is 19.2. The SMILES string of the molecule is CC(=O)c1cccc(S(=O)(=O)N(Cc2cccnc2)Cc2cc3c(C)cc(C)cc3[nH]c2=O)c1. The number of aromatic amines is 1. The third kappa shape index (κ3) is 4.83. The van der Waals surface area contributed by atoms with Crippen molar-refractivity contribution in [2.24, 2.45) is 0 Å². The van der Waals surface area contributed by atoms with Crippen molar-refractivity contribution in [2.45, 2.75) is 38.8 Å². The number of pyridine rings is 2. The number of fused-ring (bicyclic) bond motifs is 1. The highest BCUT2D eigenvalue weighted by atomic mass is 32.2. The second kappa shape index (κ2) is 9.32. The largest absolute Gasteiger partial charge is 0.322 e. The predicted octanol–water partition coefficient (Wildman–Crippen LogP) is 4.13. The average Bonchev–Trinajstić information content (AvgIpc) is 2.80. The van der Waals surface area contributed by atoms with E-state index in [0.717, 1.165) is 16.5 Å². The zero-order valence-corrected chi connectivity index (χ0v) is 20.0. The van der Waals surface area contributed by atoms with E-state index in [4.69, 9.17) is 0 Å². The monoisotopic (exact) mass is 475 g/mol. The Morgan fingerprint density at radius 2 is 1.82 bits per heavy atom. The van der Waals surface area contributed by atoms with Crippen LogP contribution in [0.25, 0.3) is 10.9 Å². The molecule has 174 valence electrons. The van der Waals surface area contributed by atoms with Gasteiger partial charge in [-0.3, -0.25) is 14.6 Å². The molecule has 2 heterocycles. The predicted molar refractivity (Wildman–Crippen MR) is 131 cm³/mol. The van der Waals surface area contributed by atoms with Gasteiger partial charge in [0.2, 0.25) is 10.0 Å². The van der Waals surface area contributed by atoms with E-state index in [1.54, 1.807) is 42.7 Å². The Hall–Kier alpha value is -3.62. The van der Waals surface area contributed by atoms with Crippen molar-refractivity contribution in [1.29, 1.82) is 0 Å². The summed E-state index contributed by atoms with van der Waals surface area (Å²) in [6.07, 6.45) is 3.20. The minimum absolute atomic E-state index is 0.00638. The van der Waals surface area contributed by atoms with Gasteiger partial charge in [-0.25, -0.2) is 8.42 Å². The second-order valence-corrected chi connectivity index (χ2v) is 10.3. The summed E-state index contributed by atoms with van der Waals surface area (Å²) in [5, 5.41) is 0.859. The second-order valence-electron chi connectivity index (χ2n) is 8.39. The maximum absolute atomic E-state index is 13.7. The summed E-state index contributed by atoms with van der Waals surface area (Å²) in [5.74, 6) is -0.229. The molecule has 0 radical (unpaired) electrons. The molecule has 34 heavy (non-hydrogen) atoms. The first-order chi connectivity index (χ1) is 16.1. The van der Waals surface area contributed by atoms with Gasteiger partial charge >= 0.3 is 0 Å². The number of rotatable bonds is 7. The molecule has 0 unspecified atom stereocenters. The van der Waals surface area contributed by atoms with Crippen LogP contribution < -0.4 is 5.56 Å². The van der Waals surface area contributed by atoms with Gasteiger partial charge in [0.25, 0.3) is 5.56 Å². The number of H-pyrrole nitrogens is 1. The molecule has 0 aliphatic heterocycles. The maximum atomic E-state index is 13.7. The molecule has 0 saturated carbocycles. The fraction of sp³-hybridized carbons (Fsp3) is 0.192. The number of ketones is 1. The Kier molecular flexibility index (Phi) is 6.45. The molecule has 0 aliphatic carbocycles. The number of nitrogens with one attached hydrogen (secondary N) is 1. The van der Waals surface area contributed by atoms with E-state index in [1.807, 2.05) is 26.0 Å². The van der Waals surface area contributed by atoms with Crippen LogP contribution in [0.4, 0.5) is 0 Å². The molecule has 0 spiro atoms. The summed E-state index contributed by atoms with van der Waals surface area (Å²) >= 11 is 0. The minimum atomic E-state index is -4.04. The number of aryl methyl sites for hydroxylation is 2. The van der Waals surface area contributed by atoms with E-state index in [0.29, 0.717) is 22.2 Å². The Morgan fingerprint density at radius 3 is 2.53 bits per heavy atom. The summed E-state index contributed by atoms with van der Waals surface area (Å²) in [5.41, 5.74) is 3.69. The zero-order chi connectivity index (χ0) is 24.5. The Labute approximate surface area is 198 Å². The van der Waals surface area contributed by atoms with Crippen molar-refractivity contribution in [1.82, 2.24) is 14.3 Å². The van der Waals surface area contributed by atoms with Crippen LogP contribution in [0.5, 0.6) is 0 Å². The lowest BCUT2D eigenvalue weighted by Gasteiger charge is -2.22. The Balaban J connectivity index is 1.81. The van der Waals surface area contributed by atoms with E-state index in [9.17, 15) is 18.0 Å². The van der Waals surface area contributed by atoms with Gasteiger partial charge in [-0.15, -0.1) is 0 Å². The molecule has 8 heteroatoms. The van der Waals surface area contributed by atoms with Crippen molar-refractivity contribution >= 4 is 26.7 Å². The minimum Gasteiger partial charge on any atom is -0.322 e. The molecule has 4 rings (SSSR count). The molecule has 0 bridgehead atoms. The standard InChI is InChI=1S/C26H25N3O4S/c1-17-10-18(2)24-13-22(26(31)28-25(24)11-17)16-29(15-20-6-5-9-27-14-20)34(32,33)23-8-4-7-21(12-23)19(3)30/h4-14H,15-16H2,1-3H3,(H,28,31). The van der Waals surface area contributed by atoms with Crippen LogP contribution in [-0.4, -0.2) is 28.5 Å². The maximum Gasteiger partial charge on any atom is 0.252 e. The van der Waals surface area contributed by atoms with Crippen LogP contribution in [0.3, 0.4) is 0 Å². The van der Waals surface area contributed by atoms with Crippen molar-refractivity contribution < 1.29 is 13.2 Å². The van der Waals surface area contributed by atoms with Crippen LogP contribution >= 0.6 is 0 Å². The lowest BCUT2D eigenvalue weighted by Crippen LogP contribution is -2.32. The number of benzene rings is 2. The highest BCUT2D eigenvalue weighted by Gasteiger charge is 2.27. The van der Waals surface area contributed by atoms with E-state index >= 15 is 0 Å². The molecule has 4 aromatic rings. The number of nitrogens with zero attached hydrogens (tertiary/aromatic N) is 2. The molecule has 0 amide bonds. The molecule has 0 atom stereocenters. The molecule has 1 N–H and O–H groups in total. The van der Waals surface area contributed by atoms with Crippen molar-refractivity contribution in [3.8, 4) is 0 Å². The number of carbonyl (C=O) groups excluding carboxylic acids is 1. The van der Waals surface area contributed by atoms with Gasteiger partial charge in [-0.1, -0.05) is 24.3 Å². The molecular formula is C26H25N3O4S. The van der Waals surface area contributed by atoms with Gasteiger partial charge in [-0.2, -0.15) is 4.31 Å². The number of aromatic nitrogens is 2. The fourth-order valence-corrected chi connectivity index (χ4v) is 5.42. The molecule has 2 aromatic heterocycles. The van der Waals surface area contributed by atoms with Gasteiger partial charge in [0, 0.05) is 47.5 Å². The van der Waals surface area contributed by atoms with Gasteiger partial charge in [-0.05, 0) is 67.8 Å². The van der Waals surface area contributed by atoms with Crippen LogP contribution in [-0.2, 0) is 23.1 Å². The molecule has 7 nitrogen and oxygen atoms in total.